The molecule has 1 fully saturated rings. The third-order valence-corrected chi connectivity index (χ3v) is 3.69. The molecule has 1 saturated heterocycles. The number of hydrogen-bond acceptors (Lipinski definition) is 4. The molecule has 1 aromatic rings. The molecule has 0 radical (unpaired) electrons. The van der Waals surface area contributed by atoms with E-state index in [9.17, 15) is 9.59 Å². The van der Waals surface area contributed by atoms with E-state index in [1.54, 1.807) is 0 Å². The second-order valence-corrected chi connectivity index (χ2v) is 5.90. The third-order valence-electron chi connectivity index (χ3n) is 3.69. The van der Waals surface area contributed by atoms with Crippen LogP contribution in [-0.4, -0.2) is 31.1 Å². The Morgan fingerprint density at radius 3 is 2.57 bits per heavy atom. The second-order valence-electron chi connectivity index (χ2n) is 5.90. The number of amides is 1. The first-order chi connectivity index (χ1) is 10.6. The molecule has 1 aliphatic rings. The Balaban J connectivity index is 0.00000264. The molecule has 128 valence electrons. The number of halogens is 1. The van der Waals surface area contributed by atoms with Gasteiger partial charge in [0.1, 0.15) is 0 Å². The fourth-order valence-electron chi connectivity index (χ4n) is 2.58. The molecule has 0 saturated carbocycles. The summed E-state index contributed by atoms with van der Waals surface area (Å²) >= 11 is 0. The van der Waals surface area contributed by atoms with Gasteiger partial charge in [-0.3, -0.25) is 9.59 Å². The second kappa shape index (κ2) is 9.53. The summed E-state index contributed by atoms with van der Waals surface area (Å²) in [5.74, 6) is -0.322. The zero-order valence-corrected chi connectivity index (χ0v) is 14.4. The highest BCUT2D eigenvalue weighted by molar-refractivity contribution is 5.85. The number of carbonyl (C=O) groups excluding carboxylic acids is 2. The summed E-state index contributed by atoms with van der Waals surface area (Å²) in [5, 5.41) is 6.18. The molecule has 1 amide bonds. The van der Waals surface area contributed by atoms with Gasteiger partial charge in [0.2, 0.25) is 5.91 Å². The Morgan fingerprint density at radius 2 is 2.00 bits per heavy atom. The van der Waals surface area contributed by atoms with E-state index in [0.29, 0.717) is 6.54 Å². The first kappa shape index (κ1) is 19.5. The van der Waals surface area contributed by atoms with Crippen molar-refractivity contribution in [2.45, 2.75) is 38.8 Å². The minimum absolute atomic E-state index is 0. The fraction of sp³-hybridized carbons (Fsp3) is 0.529. The topological polar surface area (TPSA) is 67.4 Å². The van der Waals surface area contributed by atoms with Crippen molar-refractivity contribution in [2.24, 2.45) is 5.92 Å². The van der Waals surface area contributed by atoms with Crippen molar-refractivity contribution in [3.63, 3.8) is 0 Å². The van der Waals surface area contributed by atoms with Gasteiger partial charge in [-0.25, -0.2) is 0 Å². The third kappa shape index (κ3) is 6.20. The standard InChI is InChI=1S/C17H24N2O3.ClH/c1-12(2)22-16(20)10-15(13-6-4-3-5-7-13)19-17(21)14-8-9-18-11-14;/h3-7,12,14-15,18H,8-11H2,1-2H3,(H,19,21);1H. The summed E-state index contributed by atoms with van der Waals surface area (Å²) in [5.41, 5.74) is 0.919. The molecule has 0 aromatic heterocycles. The van der Waals surface area contributed by atoms with Crippen LogP contribution in [0.5, 0.6) is 0 Å². The highest BCUT2D eigenvalue weighted by Gasteiger charge is 2.26. The molecule has 2 atom stereocenters. The molecule has 2 N–H and O–H groups in total. The minimum atomic E-state index is -0.347. The van der Waals surface area contributed by atoms with Crippen LogP contribution in [0, 0.1) is 5.92 Å². The number of carbonyl (C=O) groups is 2. The maximum Gasteiger partial charge on any atom is 0.308 e. The van der Waals surface area contributed by atoms with E-state index in [-0.39, 0.29) is 48.8 Å². The average molecular weight is 341 g/mol. The number of ether oxygens (including phenoxy) is 1. The van der Waals surface area contributed by atoms with Crippen molar-refractivity contribution in [2.75, 3.05) is 13.1 Å². The van der Waals surface area contributed by atoms with Crippen LogP contribution in [0.15, 0.2) is 30.3 Å². The quantitative estimate of drug-likeness (QED) is 0.779. The van der Waals surface area contributed by atoms with E-state index in [4.69, 9.17) is 4.74 Å². The number of nitrogens with one attached hydrogen (secondary N) is 2. The van der Waals surface area contributed by atoms with E-state index < -0.39 is 0 Å². The first-order valence-corrected chi connectivity index (χ1v) is 7.81. The predicted octanol–water partition coefficient (Wildman–Crippen LogP) is 2.22. The van der Waals surface area contributed by atoms with Gasteiger partial charge in [-0.1, -0.05) is 30.3 Å². The Bertz CT molecular complexity index is 502. The zero-order valence-electron chi connectivity index (χ0n) is 13.6. The smallest absolute Gasteiger partial charge is 0.308 e. The molecule has 2 rings (SSSR count). The maximum absolute atomic E-state index is 12.3. The molecule has 6 heteroatoms. The lowest BCUT2D eigenvalue weighted by atomic mass is 10.0. The lowest BCUT2D eigenvalue weighted by Crippen LogP contribution is -2.36. The molecular formula is C17H25ClN2O3. The van der Waals surface area contributed by atoms with E-state index in [2.05, 4.69) is 10.6 Å². The van der Waals surface area contributed by atoms with Crippen LogP contribution in [-0.2, 0) is 14.3 Å². The van der Waals surface area contributed by atoms with Gasteiger partial charge in [-0.15, -0.1) is 12.4 Å². The Hall–Kier alpha value is -1.59. The zero-order chi connectivity index (χ0) is 15.9. The van der Waals surface area contributed by atoms with Gasteiger partial charge in [0, 0.05) is 6.54 Å². The van der Waals surface area contributed by atoms with Gasteiger partial charge in [0.25, 0.3) is 0 Å². The number of benzene rings is 1. The predicted molar refractivity (Wildman–Crippen MR) is 91.4 cm³/mol. The SMILES string of the molecule is CC(C)OC(=O)CC(NC(=O)C1CCNC1)c1ccccc1.Cl. The molecule has 0 bridgehead atoms. The Morgan fingerprint density at radius 1 is 1.30 bits per heavy atom. The summed E-state index contributed by atoms with van der Waals surface area (Å²) in [6.07, 6.45) is 0.830. The summed E-state index contributed by atoms with van der Waals surface area (Å²) in [7, 11) is 0. The van der Waals surface area contributed by atoms with Crippen LogP contribution >= 0.6 is 12.4 Å². The van der Waals surface area contributed by atoms with E-state index in [1.807, 2.05) is 44.2 Å². The van der Waals surface area contributed by atoms with E-state index >= 15 is 0 Å². The molecule has 2 unspecified atom stereocenters. The van der Waals surface area contributed by atoms with Crippen LogP contribution in [0.4, 0.5) is 0 Å². The van der Waals surface area contributed by atoms with Crippen molar-refractivity contribution in [3.05, 3.63) is 35.9 Å². The molecule has 1 aromatic carbocycles. The Kier molecular flexibility index (Phi) is 8.06. The lowest BCUT2D eigenvalue weighted by molar-refractivity contribution is -0.148. The monoisotopic (exact) mass is 340 g/mol. The minimum Gasteiger partial charge on any atom is -0.463 e. The van der Waals surface area contributed by atoms with Crippen molar-refractivity contribution in [1.82, 2.24) is 10.6 Å². The van der Waals surface area contributed by atoms with Gasteiger partial charge in [-0.2, -0.15) is 0 Å². The number of hydrogen-bond donors (Lipinski definition) is 2. The lowest BCUT2D eigenvalue weighted by Gasteiger charge is -2.21. The van der Waals surface area contributed by atoms with Crippen molar-refractivity contribution < 1.29 is 14.3 Å². The van der Waals surface area contributed by atoms with Crippen LogP contribution < -0.4 is 10.6 Å². The van der Waals surface area contributed by atoms with Crippen LogP contribution in [0.1, 0.15) is 38.3 Å². The summed E-state index contributed by atoms with van der Waals surface area (Å²) in [6, 6.07) is 9.20. The van der Waals surface area contributed by atoms with Crippen molar-refractivity contribution >= 4 is 24.3 Å². The van der Waals surface area contributed by atoms with Crippen LogP contribution in [0.2, 0.25) is 0 Å². The van der Waals surface area contributed by atoms with Crippen molar-refractivity contribution in [3.8, 4) is 0 Å². The van der Waals surface area contributed by atoms with Gasteiger partial charge in [0.15, 0.2) is 0 Å². The Labute approximate surface area is 143 Å². The highest BCUT2D eigenvalue weighted by atomic mass is 35.5. The number of rotatable bonds is 6. The van der Waals surface area contributed by atoms with E-state index in [0.717, 1.165) is 18.5 Å². The average Bonchev–Trinajstić information content (AvgIpc) is 3.01. The van der Waals surface area contributed by atoms with Crippen molar-refractivity contribution in [1.29, 1.82) is 0 Å². The summed E-state index contributed by atoms with van der Waals surface area (Å²) in [4.78, 5) is 24.3. The number of esters is 1. The van der Waals surface area contributed by atoms with Gasteiger partial charge >= 0.3 is 5.97 Å². The molecule has 0 aliphatic carbocycles. The van der Waals surface area contributed by atoms with E-state index in [1.165, 1.54) is 0 Å². The molecule has 5 nitrogen and oxygen atoms in total. The van der Waals surface area contributed by atoms with Gasteiger partial charge < -0.3 is 15.4 Å². The molecule has 1 heterocycles. The molecule has 0 spiro atoms. The molecular weight excluding hydrogens is 316 g/mol. The van der Waals surface area contributed by atoms with Crippen LogP contribution in [0.3, 0.4) is 0 Å². The van der Waals surface area contributed by atoms with Gasteiger partial charge in [0.05, 0.1) is 24.5 Å². The maximum atomic E-state index is 12.3. The summed E-state index contributed by atoms with van der Waals surface area (Å²) in [6.45, 7) is 5.20. The van der Waals surface area contributed by atoms with Gasteiger partial charge in [-0.05, 0) is 32.4 Å². The fourth-order valence-corrected chi connectivity index (χ4v) is 2.58. The summed E-state index contributed by atoms with van der Waals surface area (Å²) < 4.78 is 5.21. The largest absolute Gasteiger partial charge is 0.463 e. The normalized spacial score (nSPS) is 18.1. The molecule has 1 aliphatic heterocycles. The highest BCUT2D eigenvalue weighted by Crippen LogP contribution is 2.19. The first-order valence-electron chi connectivity index (χ1n) is 7.81. The van der Waals surface area contributed by atoms with Crippen LogP contribution in [0.25, 0.3) is 0 Å². The molecule has 23 heavy (non-hydrogen) atoms.